The van der Waals surface area contributed by atoms with Crippen molar-refractivity contribution in [3.8, 4) is 11.5 Å². The summed E-state index contributed by atoms with van der Waals surface area (Å²) in [5.74, 6) is 0.800. The molecular weight excluding hydrogens is 176 g/mol. The summed E-state index contributed by atoms with van der Waals surface area (Å²) in [4.78, 5) is 11.6. The Morgan fingerprint density at radius 1 is 1.29 bits per heavy atom. The minimum absolute atomic E-state index is 0.800. The highest BCUT2D eigenvalue weighted by Gasteiger charge is 2.04. The van der Waals surface area contributed by atoms with Gasteiger partial charge in [-0.05, 0) is 12.1 Å². The molecule has 4 nitrogen and oxygen atoms in total. The van der Waals surface area contributed by atoms with E-state index in [0.717, 1.165) is 17.2 Å². The molecule has 0 unspecified atom stereocenters. The predicted molar refractivity (Wildman–Crippen MR) is 52.8 cm³/mol. The fraction of sp³-hybridized carbons (Fsp3) is 0. The molecule has 0 amide bonds. The van der Waals surface area contributed by atoms with Gasteiger partial charge in [0, 0.05) is 24.8 Å². The van der Waals surface area contributed by atoms with Gasteiger partial charge >= 0.3 is 0 Å². The summed E-state index contributed by atoms with van der Waals surface area (Å²) in [6.45, 7) is 0. The first kappa shape index (κ1) is 7.32. The fourth-order valence-electron chi connectivity index (χ4n) is 1.45. The molecule has 4 heteroatoms. The molecule has 0 aliphatic rings. The van der Waals surface area contributed by atoms with Crippen LogP contribution < -0.4 is 0 Å². The number of H-pyrrole nitrogens is 1. The maximum atomic E-state index is 4.42. The first-order valence-corrected chi connectivity index (χ1v) is 4.37. The van der Waals surface area contributed by atoms with E-state index < -0.39 is 0 Å². The van der Waals surface area contributed by atoms with E-state index in [1.54, 1.807) is 12.4 Å². The lowest BCUT2D eigenvalue weighted by molar-refractivity contribution is 1.19. The fourth-order valence-corrected chi connectivity index (χ4v) is 1.45. The van der Waals surface area contributed by atoms with Crippen LogP contribution >= 0.6 is 0 Å². The van der Waals surface area contributed by atoms with Crippen molar-refractivity contribution in [3.63, 3.8) is 0 Å². The third-order valence-corrected chi connectivity index (χ3v) is 2.10. The lowest BCUT2D eigenvalue weighted by Gasteiger charge is -1.86. The Morgan fingerprint density at radius 2 is 2.29 bits per heavy atom. The zero-order chi connectivity index (χ0) is 9.38. The predicted octanol–water partition coefficient (Wildman–Crippen LogP) is 1.72. The number of aromatic nitrogens is 4. The molecule has 0 atom stereocenters. The molecule has 3 rings (SSSR count). The number of hydrogen-bond donors (Lipinski definition) is 1. The van der Waals surface area contributed by atoms with Crippen molar-refractivity contribution in [1.29, 1.82) is 0 Å². The monoisotopic (exact) mass is 184 g/mol. The number of nitrogens with one attached hydrogen (secondary N) is 1. The van der Waals surface area contributed by atoms with Crippen molar-refractivity contribution < 1.29 is 0 Å². The molecule has 0 spiro atoms. The van der Waals surface area contributed by atoms with E-state index in [9.17, 15) is 0 Å². The van der Waals surface area contributed by atoms with Crippen molar-refractivity contribution in [2.45, 2.75) is 0 Å². The molecule has 0 saturated heterocycles. The SMILES string of the molecule is c1ccn2cc(-c3ncc[nH]3)nc2c1. The third kappa shape index (κ3) is 1.01. The summed E-state index contributed by atoms with van der Waals surface area (Å²) in [6, 6.07) is 5.90. The number of imidazole rings is 2. The molecule has 0 aliphatic heterocycles. The largest absolute Gasteiger partial charge is 0.343 e. The number of fused-ring (bicyclic) bond motifs is 1. The van der Waals surface area contributed by atoms with E-state index in [1.807, 2.05) is 35.0 Å². The summed E-state index contributed by atoms with van der Waals surface area (Å²) < 4.78 is 1.97. The lowest BCUT2D eigenvalue weighted by atomic mass is 10.5. The lowest BCUT2D eigenvalue weighted by Crippen LogP contribution is -1.77. The summed E-state index contributed by atoms with van der Waals surface area (Å²) in [5.41, 5.74) is 1.79. The highest BCUT2D eigenvalue weighted by Crippen LogP contribution is 2.13. The summed E-state index contributed by atoms with van der Waals surface area (Å²) in [7, 11) is 0. The van der Waals surface area contributed by atoms with Crippen LogP contribution in [-0.4, -0.2) is 19.4 Å². The highest BCUT2D eigenvalue weighted by atomic mass is 15.0. The maximum Gasteiger partial charge on any atom is 0.157 e. The first-order valence-electron chi connectivity index (χ1n) is 4.37. The van der Waals surface area contributed by atoms with Crippen LogP contribution in [0.5, 0.6) is 0 Å². The first-order chi connectivity index (χ1) is 6.93. The van der Waals surface area contributed by atoms with E-state index in [4.69, 9.17) is 0 Å². The second kappa shape index (κ2) is 2.70. The van der Waals surface area contributed by atoms with Crippen LogP contribution in [0.15, 0.2) is 43.0 Å². The van der Waals surface area contributed by atoms with E-state index >= 15 is 0 Å². The minimum atomic E-state index is 0.800. The van der Waals surface area contributed by atoms with Gasteiger partial charge in [0.1, 0.15) is 11.3 Å². The molecule has 3 aromatic heterocycles. The molecule has 68 valence electrons. The summed E-state index contributed by atoms with van der Waals surface area (Å²) in [5, 5.41) is 0. The molecule has 3 heterocycles. The van der Waals surface area contributed by atoms with Crippen LogP contribution in [0.3, 0.4) is 0 Å². The smallest absolute Gasteiger partial charge is 0.157 e. The van der Waals surface area contributed by atoms with E-state index in [0.29, 0.717) is 0 Å². The van der Waals surface area contributed by atoms with Gasteiger partial charge in [0.2, 0.25) is 0 Å². The molecule has 14 heavy (non-hydrogen) atoms. The third-order valence-electron chi connectivity index (χ3n) is 2.10. The number of hydrogen-bond acceptors (Lipinski definition) is 2. The van der Waals surface area contributed by atoms with Crippen molar-refractivity contribution in [2.24, 2.45) is 0 Å². The quantitative estimate of drug-likeness (QED) is 0.626. The van der Waals surface area contributed by atoms with Crippen LogP contribution in [0, 0.1) is 0 Å². The van der Waals surface area contributed by atoms with Crippen LogP contribution in [-0.2, 0) is 0 Å². The van der Waals surface area contributed by atoms with Crippen LogP contribution in [0.1, 0.15) is 0 Å². The Balaban J connectivity index is 2.24. The van der Waals surface area contributed by atoms with Gasteiger partial charge in [-0.15, -0.1) is 0 Å². The second-order valence-electron chi connectivity index (χ2n) is 3.03. The highest BCUT2D eigenvalue weighted by molar-refractivity contribution is 5.55. The van der Waals surface area contributed by atoms with Gasteiger partial charge in [-0.1, -0.05) is 6.07 Å². The van der Waals surface area contributed by atoms with Crippen molar-refractivity contribution >= 4 is 5.65 Å². The van der Waals surface area contributed by atoms with Gasteiger partial charge in [-0.25, -0.2) is 9.97 Å². The Kier molecular flexibility index (Phi) is 1.41. The minimum Gasteiger partial charge on any atom is -0.343 e. The molecule has 0 radical (unpaired) electrons. The topological polar surface area (TPSA) is 46.0 Å². The zero-order valence-corrected chi connectivity index (χ0v) is 7.38. The second-order valence-corrected chi connectivity index (χ2v) is 3.03. The number of nitrogens with zero attached hydrogens (tertiary/aromatic N) is 3. The van der Waals surface area contributed by atoms with E-state index in [2.05, 4.69) is 15.0 Å². The van der Waals surface area contributed by atoms with Crippen molar-refractivity contribution in [3.05, 3.63) is 43.0 Å². The van der Waals surface area contributed by atoms with Gasteiger partial charge in [0.25, 0.3) is 0 Å². The summed E-state index contributed by atoms with van der Waals surface area (Å²) >= 11 is 0. The van der Waals surface area contributed by atoms with E-state index in [1.165, 1.54) is 0 Å². The van der Waals surface area contributed by atoms with Crippen LogP contribution in [0.4, 0.5) is 0 Å². The Hall–Kier alpha value is -2.10. The molecule has 1 N–H and O–H groups in total. The molecule has 0 aliphatic carbocycles. The van der Waals surface area contributed by atoms with Crippen molar-refractivity contribution in [1.82, 2.24) is 19.4 Å². The Bertz CT molecular complexity index is 517. The van der Waals surface area contributed by atoms with Gasteiger partial charge in [0.05, 0.1) is 0 Å². The summed E-state index contributed by atoms with van der Waals surface area (Å²) in [6.07, 6.45) is 7.43. The van der Waals surface area contributed by atoms with Gasteiger partial charge in [-0.2, -0.15) is 0 Å². The number of pyridine rings is 1. The Labute approximate surface area is 80.3 Å². The van der Waals surface area contributed by atoms with Crippen molar-refractivity contribution in [2.75, 3.05) is 0 Å². The van der Waals surface area contributed by atoms with Crippen LogP contribution in [0.25, 0.3) is 17.2 Å². The standard InChI is InChI=1S/C10H8N4/c1-2-6-14-7-8(13-9(14)3-1)10-11-4-5-12-10/h1-7H,(H,11,12). The maximum absolute atomic E-state index is 4.42. The van der Waals surface area contributed by atoms with Gasteiger partial charge in [-0.3, -0.25) is 0 Å². The normalized spacial score (nSPS) is 10.9. The molecule has 3 aromatic rings. The van der Waals surface area contributed by atoms with Gasteiger partial charge < -0.3 is 9.38 Å². The zero-order valence-electron chi connectivity index (χ0n) is 7.38. The average molecular weight is 184 g/mol. The number of rotatable bonds is 1. The number of aromatic amines is 1. The molecular formula is C10H8N4. The molecule has 0 bridgehead atoms. The molecule has 0 fully saturated rings. The molecule has 0 saturated carbocycles. The Morgan fingerprint density at radius 3 is 3.07 bits per heavy atom. The van der Waals surface area contributed by atoms with Crippen LogP contribution in [0.2, 0.25) is 0 Å². The average Bonchev–Trinajstić information content (AvgIpc) is 2.86. The van der Waals surface area contributed by atoms with E-state index in [-0.39, 0.29) is 0 Å². The van der Waals surface area contributed by atoms with Gasteiger partial charge in [0.15, 0.2) is 5.82 Å². The molecule has 0 aromatic carbocycles.